The summed E-state index contributed by atoms with van der Waals surface area (Å²) in [5, 5.41) is 4.44. The molecule has 3 rings (SSSR count). The fourth-order valence-electron chi connectivity index (χ4n) is 2.34. The van der Waals surface area contributed by atoms with E-state index in [9.17, 15) is 13.2 Å². The van der Waals surface area contributed by atoms with Crippen molar-refractivity contribution in [3.05, 3.63) is 65.7 Å². The normalized spacial score (nSPS) is 15.8. The summed E-state index contributed by atoms with van der Waals surface area (Å²) in [5.74, 6) is 0.280. The zero-order valence-corrected chi connectivity index (χ0v) is 14.0. The van der Waals surface area contributed by atoms with Crippen LogP contribution >= 0.6 is 12.4 Å². The second-order valence-electron chi connectivity index (χ2n) is 5.24. The van der Waals surface area contributed by atoms with Gasteiger partial charge in [0.25, 0.3) is 0 Å². The first kappa shape index (κ1) is 19.1. The molecule has 4 nitrogen and oxygen atoms in total. The van der Waals surface area contributed by atoms with Crippen molar-refractivity contribution in [1.29, 1.82) is 0 Å². The lowest BCUT2D eigenvalue weighted by atomic mass is 10.2. The van der Waals surface area contributed by atoms with Gasteiger partial charge >= 0.3 is 6.18 Å². The third-order valence-corrected chi connectivity index (χ3v) is 3.50. The van der Waals surface area contributed by atoms with E-state index in [-0.39, 0.29) is 24.1 Å². The number of benzene rings is 2. The van der Waals surface area contributed by atoms with E-state index in [0.29, 0.717) is 19.7 Å². The van der Waals surface area contributed by atoms with E-state index in [0.717, 1.165) is 11.6 Å². The van der Waals surface area contributed by atoms with E-state index in [4.69, 9.17) is 4.84 Å². The van der Waals surface area contributed by atoms with Gasteiger partial charge in [0, 0.05) is 6.54 Å². The number of para-hydroxylation sites is 1. The van der Waals surface area contributed by atoms with E-state index in [1.54, 1.807) is 0 Å². The molecule has 1 aliphatic rings. The van der Waals surface area contributed by atoms with Crippen molar-refractivity contribution < 1.29 is 18.0 Å². The molecular weight excluding hydrogens is 355 g/mol. The Labute approximate surface area is 149 Å². The lowest BCUT2D eigenvalue weighted by Crippen LogP contribution is -2.30. The van der Waals surface area contributed by atoms with Gasteiger partial charge < -0.3 is 5.32 Å². The van der Waals surface area contributed by atoms with Crippen LogP contribution in [0.3, 0.4) is 0 Å². The van der Waals surface area contributed by atoms with Crippen molar-refractivity contribution in [3.63, 3.8) is 0 Å². The summed E-state index contributed by atoms with van der Waals surface area (Å²) in [5.41, 5.74) is 0.0661. The third-order valence-electron chi connectivity index (χ3n) is 3.50. The smallest absolute Gasteiger partial charge is 0.352 e. The van der Waals surface area contributed by atoms with Crippen molar-refractivity contribution in [3.8, 4) is 0 Å². The number of rotatable bonds is 4. The molecular formula is C17H17ClF3N3O. The predicted octanol–water partition coefficient (Wildman–Crippen LogP) is 4.15. The molecule has 25 heavy (non-hydrogen) atoms. The van der Waals surface area contributed by atoms with Crippen LogP contribution in [0.1, 0.15) is 11.1 Å². The third kappa shape index (κ3) is 4.87. The SMILES string of the molecule is Cl.FC(F)(F)c1ccccc1/N=C1\NCCN1OCc1ccccc1. The Morgan fingerprint density at radius 3 is 2.44 bits per heavy atom. The maximum Gasteiger partial charge on any atom is 0.418 e. The molecule has 0 aromatic heterocycles. The Kier molecular flexibility index (Phi) is 6.27. The van der Waals surface area contributed by atoms with Crippen molar-refractivity contribution in [2.45, 2.75) is 12.8 Å². The molecule has 0 unspecified atom stereocenters. The summed E-state index contributed by atoms with van der Waals surface area (Å²) < 4.78 is 39.2. The van der Waals surface area contributed by atoms with Gasteiger partial charge in [0.1, 0.15) is 6.61 Å². The van der Waals surface area contributed by atoms with Gasteiger partial charge in [-0.25, -0.2) is 10.1 Å². The highest BCUT2D eigenvalue weighted by molar-refractivity contribution is 5.85. The van der Waals surface area contributed by atoms with Gasteiger partial charge in [-0.1, -0.05) is 42.5 Å². The highest BCUT2D eigenvalue weighted by atomic mass is 35.5. The molecule has 1 N–H and O–H groups in total. The first-order chi connectivity index (χ1) is 11.5. The van der Waals surface area contributed by atoms with Gasteiger partial charge in [0.05, 0.1) is 17.8 Å². The second kappa shape index (κ2) is 8.22. The maximum atomic E-state index is 13.1. The van der Waals surface area contributed by atoms with Crippen LogP contribution in [0.25, 0.3) is 0 Å². The lowest BCUT2D eigenvalue weighted by molar-refractivity contribution is -0.137. The molecule has 8 heteroatoms. The van der Waals surface area contributed by atoms with Crippen LogP contribution in [-0.2, 0) is 17.6 Å². The van der Waals surface area contributed by atoms with E-state index in [2.05, 4.69) is 10.3 Å². The van der Waals surface area contributed by atoms with Crippen LogP contribution in [0.5, 0.6) is 0 Å². The molecule has 1 heterocycles. The van der Waals surface area contributed by atoms with Crippen LogP contribution in [0.15, 0.2) is 59.6 Å². The van der Waals surface area contributed by atoms with E-state index >= 15 is 0 Å². The average molecular weight is 372 g/mol. The van der Waals surface area contributed by atoms with Gasteiger partial charge in [0.2, 0.25) is 5.96 Å². The fourth-order valence-corrected chi connectivity index (χ4v) is 2.34. The number of nitrogens with zero attached hydrogens (tertiary/aromatic N) is 2. The molecule has 0 bridgehead atoms. The summed E-state index contributed by atoms with van der Waals surface area (Å²) in [6.45, 7) is 1.39. The summed E-state index contributed by atoms with van der Waals surface area (Å²) in [7, 11) is 0. The van der Waals surface area contributed by atoms with Crippen LogP contribution < -0.4 is 5.32 Å². The van der Waals surface area contributed by atoms with E-state index in [1.165, 1.54) is 23.3 Å². The standard InChI is InChI=1S/C17H16F3N3O.ClH/c18-17(19,20)14-8-4-5-9-15(14)22-16-21-10-11-23(16)24-12-13-6-2-1-3-7-13;/h1-9H,10-12H2,(H,21,22);1H. The van der Waals surface area contributed by atoms with Crippen LogP contribution in [0, 0.1) is 0 Å². The number of alkyl halides is 3. The molecule has 0 amide bonds. The number of hydrogen-bond donors (Lipinski definition) is 1. The Balaban J connectivity index is 0.00000225. The van der Waals surface area contributed by atoms with Crippen LogP contribution in [-0.4, -0.2) is 24.1 Å². The number of guanidine groups is 1. The first-order valence-corrected chi connectivity index (χ1v) is 7.47. The predicted molar refractivity (Wildman–Crippen MR) is 91.7 cm³/mol. The van der Waals surface area contributed by atoms with Crippen molar-refractivity contribution in [2.75, 3.05) is 13.1 Å². The van der Waals surface area contributed by atoms with Gasteiger partial charge in [-0.3, -0.25) is 4.84 Å². The summed E-state index contributed by atoms with van der Waals surface area (Å²) >= 11 is 0. The first-order valence-electron chi connectivity index (χ1n) is 7.47. The van der Waals surface area contributed by atoms with E-state index < -0.39 is 11.7 Å². The minimum Gasteiger partial charge on any atom is -0.352 e. The van der Waals surface area contributed by atoms with Crippen molar-refractivity contribution in [2.24, 2.45) is 4.99 Å². The van der Waals surface area contributed by atoms with Crippen molar-refractivity contribution in [1.82, 2.24) is 10.4 Å². The number of aliphatic imine (C=N–C) groups is 1. The molecule has 0 spiro atoms. The summed E-state index contributed by atoms with van der Waals surface area (Å²) in [6.07, 6.45) is -4.45. The highest BCUT2D eigenvalue weighted by Gasteiger charge is 2.33. The maximum absolute atomic E-state index is 13.1. The molecule has 134 valence electrons. The number of hydroxylamine groups is 2. The number of hydrogen-bond acceptors (Lipinski definition) is 2. The topological polar surface area (TPSA) is 36.9 Å². The largest absolute Gasteiger partial charge is 0.418 e. The zero-order valence-electron chi connectivity index (χ0n) is 13.2. The molecule has 1 fully saturated rings. The van der Waals surface area contributed by atoms with Crippen LogP contribution in [0.4, 0.5) is 18.9 Å². The van der Waals surface area contributed by atoms with E-state index in [1.807, 2.05) is 30.3 Å². The quantitative estimate of drug-likeness (QED) is 0.877. The molecule has 2 aromatic carbocycles. The van der Waals surface area contributed by atoms with Gasteiger partial charge in [-0.15, -0.1) is 12.4 Å². The average Bonchev–Trinajstić information content (AvgIpc) is 3.00. The Bertz CT molecular complexity index is 723. The minimum absolute atomic E-state index is 0. The number of nitrogens with one attached hydrogen (secondary N) is 1. The van der Waals surface area contributed by atoms with Gasteiger partial charge in [-0.05, 0) is 17.7 Å². The molecule has 1 aliphatic heterocycles. The monoisotopic (exact) mass is 371 g/mol. The molecule has 0 atom stereocenters. The molecule has 0 saturated carbocycles. The van der Waals surface area contributed by atoms with Gasteiger partial charge in [-0.2, -0.15) is 13.2 Å². The van der Waals surface area contributed by atoms with Crippen molar-refractivity contribution >= 4 is 24.1 Å². The molecule has 2 aromatic rings. The zero-order chi connectivity index (χ0) is 17.0. The molecule has 1 saturated heterocycles. The Hall–Kier alpha value is -2.25. The highest BCUT2D eigenvalue weighted by Crippen LogP contribution is 2.36. The summed E-state index contributed by atoms with van der Waals surface area (Å²) in [4.78, 5) is 9.76. The Morgan fingerprint density at radius 1 is 1.04 bits per heavy atom. The minimum atomic E-state index is -4.45. The molecule has 0 aliphatic carbocycles. The molecule has 0 radical (unpaired) electrons. The summed E-state index contributed by atoms with van der Waals surface area (Å²) in [6, 6.07) is 14.8. The van der Waals surface area contributed by atoms with Gasteiger partial charge in [0.15, 0.2) is 0 Å². The second-order valence-corrected chi connectivity index (χ2v) is 5.24. The lowest BCUT2D eigenvalue weighted by Gasteiger charge is -2.18. The van der Waals surface area contributed by atoms with Crippen LogP contribution in [0.2, 0.25) is 0 Å². The fraction of sp³-hybridized carbons (Fsp3) is 0.235. The Morgan fingerprint density at radius 2 is 1.72 bits per heavy atom. The number of halogens is 4.